The first-order chi connectivity index (χ1) is 7.33. The number of nitrogens with zero attached hydrogens (tertiary/aromatic N) is 2. The molecule has 0 aliphatic rings. The summed E-state index contributed by atoms with van der Waals surface area (Å²) in [4.78, 5) is 7.07. The number of nitrogen functional groups attached to an aromatic ring is 1. The Balaban J connectivity index is 2.89. The van der Waals surface area contributed by atoms with Crippen LogP contribution in [0.1, 0.15) is 5.56 Å². The second-order valence-electron chi connectivity index (χ2n) is 2.71. The predicted octanol–water partition coefficient (Wildman–Crippen LogP) is 1.67. The van der Waals surface area contributed by atoms with E-state index in [1.165, 1.54) is 0 Å². The summed E-state index contributed by atoms with van der Waals surface area (Å²) in [5.74, 6) is 1.66. The van der Waals surface area contributed by atoms with Crippen LogP contribution in [0.15, 0.2) is 0 Å². The van der Waals surface area contributed by atoms with Gasteiger partial charge >= 0.3 is 6.18 Å². The van der Waals surface area contributed by atoms with E-state index in [1.807, 2.05) is 5.32 Å². The molecule has 0 aromatic carbocycles. The fraction of sp³-hybridized carbons (Fsp3) is 0.250. The fourth-order valence-electron chi connectivity index (χ4n) is 0.841. The summed E-state index contributed by atoms with van der Waals surface area (Å²) in [5.41, 5.74) is 5.43. The highest BCUT2D eigenvalue weighted by Gasteiger charge is 2.27. The number of halogens is 4. The van der Waals surface area contributed by atoms with Crippen LogP contribution < -0.4 is 11.1 Å². The highest BCUT2D eigenvalue weighted by atomic mass is 35.5. The Hall–Kier alpha value is -1.68. The standard InChI is InChI=1S/C8H6ClF3N4/c1-2-4-5(9)15-7(16-6(4)13)14-3-8(10,11)12/h1H,3H2,(H3,13,14,15,16). The van der Waals surface area contributed by atoms with Crippen LogP contribution in [0.5, 0.6) is 0 Å². The minimum Gasteiger partial charge on any atom is -0.382 e. The van der Waals surface area contributed by atoms with Crippen LogP contribution in [0.4, 0.5) is 24.9 Å². The van der Waals surface area contributed by atoms with Crippen LogP contribution in [0.2, 0.25) is 5.15 Å². The van der Waals surface area contributed by atoms with Crippen molar-refractivity contribution in [3.63, 3.8) is 0 Å². The molecule has 1 rings (SSSR count). The fourth-order valence-corrected chi connectivity index (χ4v) is 1.07. The zero-order valence-electron chi connectivity index (χ0n) is 7.77. The van der Waals surface area contributed by atoms with Crippen LogP contribution in [0.25, 0.3) is 0 Å². The van der Waals surface area contributed by atoms with Gasteiger partial charge in [-0.05, 0) is 0 Å². The molecule has 4 nitrogen and oxygen atoms in total. The van der Waals surface area contributed by atoms with Crippen LogP contribution in [-0.2, 0) is 0 Å². The van der Waals surface area contributed by atoms with E-state index in [0.29, 0.717) is 0 Å². The summed E-state index contributed by atoms with van der Waals surface area (Å²) in [6, 6.07) is 0. The van der Waals surface area contributed by atoms with Crippen LogP contribution in [-0.4, -0.2) is 22.7 Å². The van der Waals surface area contributed by atoms with Gasteiger partial charge in [0.05, 0.1) is 0 Å². The van der Waals surface area contributed by atoms with E-state index < -0.39 is 12.7 Å². The van der Waals surface area contributed by atoms with Gasteiger partial charge in [0, 0.05) is 0 Å². The molecule has 0 unspecified atom stereocenters. The van der Waals surface area contributed by atoms with Crippen molar-refractivity contribution in [1.82, 2.24) is 9.97 Å². The summed E-state index contributed by atoms with van der Waals surface area (Å²) in [7, 11) is 0. The molecular formula is C8H6ClF3N4. The molecule has 0 aliphatic carbocycles. The van der Waals surface area contributed by atoms with Crippen molar-refractivity contribution >= 4 is 23.4 Å². The average molecular weight is 251 g/mol. The largest absolute Gasteiger partial charge is 0.405 e. The molecule has 0 amide bonds. The van der Waals surface area contributed by atoms with Gasteiger partial charge in [-0.25, -0.2) is 0 Å². The van der Waals surface area contributed by atoms with Crippen molar-refractivity contribution in [2.24, 2.45) is 0 Å². The molecular weight excluding hydrogens is 245 g/mol. The van der Waals surface area contributed by atoms with Crippen molar-refractivity contribution in [1.29, 1.82) is 0 Å². The van der Waals surface area contributed by atoms with E-state index in [4.69, 9.17) is 23.8 Å². The summed E-state index contributed by atoms with van der Waals surface area (Å²) in [6.07, 6.45) is 0.670. The molecule has 0 saturated heterocycles. The van der Waals surface area contributed by atoms with Crippen LogP contribution in [0.3, 0.4) is 0 Å². The van der Waals surface area contributed by atoms with Crippen molar-refractivity contribution in [3.05, 3.63) is 10.7 Å². The molecule has 1 heterocycles. The molecule has 0 radical (unpaired) electrons. The molecule has 0 atom stereocenters. The monoisotopic (exact) mass is 250 g/mol. The molecule has 1 aromatic heterocycles. The topological polar surface area (TPSA) is 63.8 Å². The minimum atomic E-state index is -4.38. The Morgan fingerprint density at radius 1 is 1.44 bits per heavy atom. The van der Waals surface area contributed by atoms with Gasteiger partial charge in [0.25, 0.3) is 0 Å². The third-order valence-electron chi connectivity index (χ3n) is 1.48. The third-order valence-corrected chi connectivity index (χ3v) is 1.76. The number of hydrogen-bond donors (Lipinski definition) is 2. The molecule has 0 fully saturated rings. The first kappa shape index (κ1) is 12.4. The maximum absolute atomic E-state index is 11.9. The number of anilines is 2. The van der Waals surface area contributed by atoms with Gasteiger partial charge in [0.1, 0.15) is 17.9 Å². The van der Waals surface area contributed by atoms with Gasteiger partial charge in [-0.2, -0.15) is 23.1 Å². The molecule has 3 N–H and O–H groups in total. The smallest absolute Gasteiger partial charge is 0.382 e. The Morgan fingerprint density at radius 3 is 2.50 bits per heavy atom. The molecule has 0 aliphatic heterocycles. The first-order valence-corrected chi connectivity index (χ1v) is 4.31. The van der Waals surface area contributed by atoms with E-state index in [2.05, 4.69) is 15.9 Å². The van der Waals surface area contributed by atoms with Gasteiger partial charge < -0.3 is 11.1 Å². The van der Waals surface area contributed by atoms with Crippen molar-refractivity contribution < 1.29 is 13.2 Å². The van der Waals surface area contributed by atoms with E-state index in [1.54, 1.807) is 0 Å². The molecule has 0 bridgehead atoms. The van der Waals surface area contributed by atoms with Gasteiger partial charge in [-0.15, -0.1) is 6.42 Å². The quantitative estimate of drug-likeness (QED) is 0.619. The number of nitrogens with two attached hydrogens (primary N) is 1. The first-order valence-electron chi connectivity index (χ1n) is 3.93. The van der Waals surface area contributed by atoms with Crippen molar-refractivity contribution in [2.75, 3.05) is 17.6 Å². The maximum atomic E-state index is 11.9. The summed E-state index contributed by atoms with van der Waals surface area (Å²) < 4.78 is 35.6. The lowest BCUT2D eigenvalue weighted by atomic mass is 10.3. The van der Waals surface area contributed by atoms with E-state index in [0.717, 1.165) is 0 Å². The minimum absolute atomic E-state index is 0.0548. The van der Waals surface area contributed by atoms with Crippen molar-refractivity contribution in [2.45, 2.75) is 6.18 Å². The molecule has 16 heavy (non-hydrogen) atoms. The lowest BCUT2D eigenvalue weighted by Crippen LogP contribution is -2.22. The second-order valence-corrected chi connectivity index (χ2v) is 3.07. The summed E-state index contributed by atoms with van der Waals surface area (Å²) in [6.45, 7) is -1.28. The van der Waals surface area contributed by atoms with Gasteiger partial charge in [0.15, 0.2) is 5.15 Å². The van der Waals surface area contributed by atoms with E-state index >= 15 is 0 Å². The number of hydrogen-bond acceptors (Lipinski definition) is 4. The average Bonchev–Trinajstić information content (AvgIpc) is 2.13. The zero-order chi connectivity index (χ0) is 12.3. The lowest BCUT2D eigenvalue weighted by molar-refractivity contribution is -0.115. The third kappa shape index (κ3) is 3.17. The summed E-state index contributed by atoms with van der Waals surface area (Å²) in [5, 5.41) is 1.77. The Morgan fingerprint density at radius 2 is 2.06 bits per heavy atom. The van der Waals surface area contributed by atoms with Gasteiger partial charge in [-0.1, -0.05) is 17.5 Å². The number of alkyl halides is 3. The van der Waals surface area contributed by atoms with Crippen molar-refractivity contribution in [3.8, 4) is 12.3 Å². The maximum Gasteiger partial charge on any atom is 0.405 e. The summed E-state index contributed by atoms with van der Waals surface area (Å²) >= 11 is 5.59. The number of terminal acetylenes is 1. The Kier molecular flexibility index (Phi) is 3.44. The number of aromatic nitrogens is 2. The van der Waals surface area contributed by atoms with Crippen LogP contribution in [0, 0.1) is 12.3 Å². The highest BCUT2D eigenvalue weighted by molar-refractivity contribution is 6.31. The SMILES string of the molecule is C#Cc1c(N)nc(NCC(F)(F)F)nc1Cl. The van der Waals surface area contributed by atoms with Gasteiger partial charge in [-0.3, -0.25) is 0 Å². The Labute approximate surface area is 94.0 Å². The predicted molar refractivity (Wildman–Crippen MR) is 53.9 cm³/mol. The zero-order valence-corrected chi connectivity index (χ0v) is 8.52. The number of rotatable bonds is 2. The molecule has 8 heteroatoms. The number of nitrogens with one attached hydrogen (secondary N) is 1. The Bertz CT molecular complexity index is 415. The van der Waals surface area contributed by atoms with Gasteiger partial charge in [0.2, 0.25) is 5.95 Å². The molecule has 0 saturated carbocycles. The van der Waals surface area contributed by atoms with E-state index in [-0.39, 0.29) is 22.5 Å². The second kappa shape index (κ2) is 4.45. The lowest BCUT2D eigenvalue weighted by Gasteiger charge is -2.09. The molecule has 0 spiro atoms. The van der Waals surface area contributed by atoms with E-state index in [9.17, 15) is 13.2 Å². The molecule has 86 valence electrons. The molecule has 1 aromatic rings. The highest BCUT2D eigenvalue weighted by Crippen LogP contribution is 2.20. The normalized spacial score (nSPS) is 10.9. The van der Waals surface area contributed by atoms with Crippen LogP contribution >= 0.6 is 11.6 Å².